The van der Waals surface area contributed by atoms with Crippen molar-refractivity contribution in [2.45, 2.75) is 38.7 Å². The second-order valence-corrected chi connectivity index (χ2v) is 3.90. The number of furan rings is 1. The Bertz CT molecular complexity index is 336. The highest BCUT2D eigenvalue weighted by Crippen LogP contribution is 2.31. The highest BCUT2D eigenvalue weighted by Gasteiger charge is 2.19. The average Bonchev–Trinajstić information content (AvgIpc) is 2.65. The van der Waals surface area contributed by atoms with Crippen molar-refractivity contribution < 1.29 is 9.52 Å². The first kappa shape index (κ1) is 9.53. The Hall–Kier alpha value is -1.02. The summed E-state index contributed by atoms with van der Waals surface area (Å²) in [5.74, 6) is 0.707. The van der Waals surface area contributed by atoms with Gasteiger partial charge in [-0.15, -0.1) is 0 Å². The Kier molecular flexibility index (Phi) is 2.73. The molecule has 0 saturated carbocycles. The third-order valence-corrected chi connectivity index (χ3v) is 2.83. The SMILES string of the molecule is Cc1ccoc1C(O)C1=CCCCC1. The van der Waals surface area contributed by atoms with E-state index in [-0.39, 0.29) is 0 Å². The van der Waals surface area contributed by atoms with Gasteiger partial charge in [-0.05, 0) is 49.8 Å². The molecule has 0 fully saturated rings. The summed E-state index contributed by atoms with van der Waals surface area (Å²) in [5, 5.41) is 10.1. The van der Waals surface area contributed by atoms with Gasteiger partial charge in [0.2, 0.25) is 0 Å². The van der Waals surface area contributed by atoms with Gasteiger partial charge in [0.25, 0.3) is 0 Å². The van der Waals surface area contributed by atoms with Crippen molar-refractivity contribution in [1.29, 1.82) is 0 Å². The molecular formula is C12H16O2. The minimum absolute atomic E-state index is 0.523. The standard InChI is InChI=1S/C12H16O2/c1-9-7-8-14-12(9)11(13)10-5-3-2-4-6-10/h5,7-8,11,13H,2-4,6H2,1H3. The summed E-state index contributed by atoms with van der Waals surface area (Å²) in [6, 6.07) is 1.89. The fraction of sp³-hybridized carbons (Fsp3) is 0.500. The molecule has 76 valence electrons. The zero-order valence-corrected chi connectivity index (χ0v) is 8.49. The molecule has 0 amide bonds. The minimum Gasteiger partial charge on any atom is -0.466 e. The fourth-order valence-electron chi connectivity index (χ4n) is 1.94. The zero-order chi connectivity index (χ0) is 9.97. The van der Waals surface area contributed by atoms with Crippen LogP contribution in [0.25, 0.3) is 0 Å². The number of hydrogen-bond donors (Lipinski definition) is 1. The molecule has 0 aromatic carbocycles. The summed E-state index contributed by atoms with van der Waals surface area (Å²) in [4.78, 5) is 0. The molecule has 2 rings (SSSR count). The number of hydrogen-bond acceptors (Lipinski definition) is 2. The highest BCUT2D eigenvalue weighted by atomic mass is 16.4. The van der Waals surface area contributed by atoms with Crippen LogP contribution >= 0.6 is 0 Å². The van der Waals surface area contributed by atoms with Gasteiger partial charge in [-0.25, -0.2) is 0 Å². The first-order valence-corrected chi connectivity index (χ1v) is 5.20. The van der Waals surface area contributed by atoms with Crippen LogP contribution in [0.5, 0.6) is 0 Å². The lowest BCUT2D eigenvalue weighted by molar-refractivity contribution is 0.177. The summed E-state index contributed by atoms with van der Waals surface area (Å²) in [7, 11) is 0. The lowest BCUT2D eigenvalue weighted by Crippen LogP contribution is -2.04. The van der Waals surface area contributed by atoms with E-state index in [0.717, 1.165) is 24.0 Å². The molecule has 1 aliphatic rings. The van der Waals surface area contributed by atoms with Gasteiger partial charge in [-0.1, -0.05) is 6.08 Å². The van der Waals surface area contributed by atoms with Crippen molar-refractivity contribution in [3.05, 3.63) is 35.3 Å². The van der Waals surface area contributed by atoms with Gasteiger partial charge in [0.1, 0.15) is 11.9 Å². The van der Waals surface area contributed by atoms with Crippen LogP contribution in [0.1, 0.15) is 43.1 Å². The average molecular weight is 192 g/mol. The van der Waals surface area contributed by atoms with E-state index in [1.165, 1.54) is 12.8 Å². The molecule has 1 unspecified atom stereocenters. The third kappa shape index (κ3) is 1.75. The van der Waals surface area contributed by atoms with Gasteiger partial charge < -0.3 is 9.52 Å². The minimum atomic E-state index is -0.523. The fourth-order valence-corrected chi connectivity index (χ4v) is 1.94. The molecule has 0 saturated heterocycles. The Morgan fingerprint density at radius 3 is 2.86 bits per heavy atom. The molecule has 2 nitrogen and oxygen atoms in total. The van der Waals surface area contributed by atoms with Gasteiger partial charge in [0.15, 0.2) is 0 Å². The zero-order valence-electron chi connectivity index (χ0n) is 8.49. The molecule has 1 aromatic heterocycles. The lowest BCUT2D eigenvalue weighted by atomic mass is 9.93. The Morgan fingerprint density at radius 1 is 1.43 bits per heavy atom. The molecule has 0 aliphatic heterocycles. The number of aryl methyl sites for hydroxylation is 1. The van der Waals surface area contributed by atoms with Gasteiger partial charge in [0.05, 0.1) is 6.26 Å². The maximum absolute atomic E-state index is 10.1. The quantitative estimate of drug-likeness (QED) is 0.730. The lowest BCUT2D eigenvalue weighted by Gasteiger charge is -2.17. The molecule has 2 heteroatoms. The molecule has 0 radical (unpaired) electrons. The van der Waals surface area contributed by atoms with Gasteiger partial charge in [-0.3, -0.25) is 0 Å². The number of aliphatic hydroxyl groups excluding tert-OH is 1. The highest BCUT2D eigenvalue weighted by molar-refractivity contribution is 5.25. The summed E-state index contributed by atoms with van der Waals surface area (Å²) in [5.41, 5.74) is 2.15. The van der Waals surface area contributed by atoms with E-state index in [1.807, 2.05) is 13.0 Å². The van der Waals surface area contributed by atoms with Gasteiger partial charge in [0, 0.05) is 0 Å². The van der Waals surface area contributed by atoms with Crippen LogP contribution in [-0.2, 0) is 0 Å². The Balaban J connectivity index is 2.19. The molecular weight excluding hydrogens is 176 g/mol. The first-order chi connectivity index (χ1) is 6.79. The molecule has 1 atom stereocenters. The Morgan fingerprint density at radius 2 is 2.29 bits per heavy atom. The maximum atomic E-state index is 10.1. The summed E-state index contributed by atoms with van der Waals surface area (Å²) < 4.78 is 5.29. The molecule has 0 bridgehead atoms. The molecule has 1 aromatic rings. The van der Waals surface area contributed by atoms with Crippen LogP contribution in [0.2, 0.25) is 0 Å². The van der Waals surface area contributed by atoms with E-state index in [2.05, 4.69) is 6.08 Å². The monoisotopic (exact) mass is 192 g/mol. The first-order valence-electron chi connectivity index (χ1n) is 5.20. The van der Waals surface area contributed by atoms with Crippen LogP contribution in [0.15, 0.2) is 28.4 Å². The summed E-state index contributed by atoms with van der Waals surface area (Å²) in [6.45, 7) is 1.96. The molecule has 1 aliphatic carbocycles. The van der Waals surface area contributed by atoms with Crippen LogP contribution in [0, 0.1) is 6.92 Å². The van der Waals surface area contributed by atoms with E-state index < -0.39 is 6.10 Å². The van der Waals surface area contributed by atoms with Crippen molar-refractivity contribution in [1.82, 2.24) is 0 Å². The van der Waals surface area contributed by atoms with Gasteiger partial charge >= 0.3 is 0 Å². The van der Waals surface area contributed by atoms with E-state index in [9.17, 15) is 5.11 Å². The van der Waals surface area contributed by atoms with Crippen molar-refractivity contribution in [3.63, 3.8) is 0 Å². The maximum Gasteiger partial charge on any atom is 0.139 e. The smallest absolute Gasteiger partial charge is 0.139 e. The van der Waals surface area contributed by atoms with Crippen LogP contribution < -0.4 is 0 Å². The largest absolute Gasteiger partial charge is 0.466 e. The summed E-state index contributed by atoms with van der Waals surface area (Å²) in [6.07, 6.45) is 7.78. The van der Waals surface area contributed by atoms with Crippen molar-refractivity contribution in [2.75, 3.05) is 0 Å². The number of aliphatic hydroxyl groups is 1. The topological polar surface area (TPSA) is 33.4 Å². The van der Waals surface area contributed by atoms with E-state index in [1.54, 1.807) is 6.26 Å². The predicted octanol–water partition coefficient (Wildman–Crippen LogP) is 3.12. The van der Waals surface area contributed by atoms with Crippen LogP contribution in [0.3, 0.4) is 0 Å². The predicted molar refractivity (Wildman–Crippen MR) is 55.0 cm³/mol. The molecule has 1 heterocycles. The normalized spacial score (nSPS) is 19.1. The molecule has 1 N–H and O–H groups in total. The Labute approximate surface area is 84.2 Å². The molecule has 14 heavy (non-hydrogen) atoms. The second kappa shape index (κ2) is 4.01. The summed E-state index contributed by atoms with van der Waals surface area (Å²) >= 11 is 0. The second-order valence-electron chi connectivity index (χ2n) is 3.90. The van der Waals surface area contributed by atoms with Crippen molar-refractivity contribution >= 4 is 0 Å². The van der Waals surface area contributed by atoms with E-state index >= 15 is 0 Å². The van der Waals surface area contributed by atoms with Gasteiger partial charge in [-0.2, -0.15) is 0 Å². The van der Waals surface area contributed by atoms with Crippen molar-refractivity contribution in [3.8, 4) is 0 Å². The number of rotatable bonds is 2. The number of allylic oxidation sites excluding steroid dienone is 1. The molecule has 0 spiro atoms. The third-order valence-electron chi connectivity index (χ3n) is 2.83. The van der Waals surface area contributed by atoms with Crippen LogP contribution in [0.4, 0.5) is 0 Å². The van der Waals surface area contributed by atoms with E-state index in [4.69, 9.17) is 4.42 Å². The van der Waals surface area contributed by atoms with Crippen molar-refractivity contribution in [2.24, 2.45) is 0 Å². The van der Waals surface area contributed by atoms with Crippen LogP contribution in [-0.4, -0.2) is 5.11 Å². The van der Waals surface area contributed by atoms with E-state index in [0.29, 0.717) is 5.76 Å².